The summed E-state index contributed by atoms with van der Waals surface area (Å²) in [5, 5.41) is 1.02. The molecule has 0 saturated carbocycles. The molecule has 174 valence electrons. The van der Waals surface area contributed by atoms with Gasteiger partial charge in [0.15, 0.2) is 5.82 Å². The summed E-state index contributed by atoms with van der Waals surface area (Å²) in [6.45, 7) is 6.34. The molecule has 2 heterocycles. The summed E-state index contributed by atoms with van der Waals surface area (Å²) in [7, 11) is 1.71. The number of hydrogen-bond acceptors (Lipinski definition) is 7. The lowest BCUT2D eigenvalue weighted by Gasteiger charge is -2.14. The highest BCUT2D eigenvalue weighted by molar-refractivity contribution is 7.99. The Morgan fingerprint density at radius 2 is 2.00 bits per heavy atom. The molecule has 4 rings (SSSR count). The number of imidazole rings is 1. The Balaban J connectivity index is 1.69. The molecule has 7 nitrogen and oxygen atoms in total. The number of anilines is 2. The fourth-order valence-corrected chi connectivity index (χ4v) is 4.35. The van der Waals surface area contributed by atoms with Gasteiger partial charge >= 0.3 is 0 Å². The number of nitrogens with two attached hydrogens (primary N) is 1. The molecule has 0 bridgehead atoms. The molecular weight excluding hydrogens is 434 g/mol. The Labute approximate surface area is 198 Å². The Morgan fingerprint density at radius 1 is 1.15 bits per heavy atom. The van der Waals surface area contributed by atoms with Crippen molar-refractivity contribution in [2.45, 2.75) is 33.4 Å². The molecule has 2 aromatic carbocycles. The van der Waals surface area contributed by atoms with Gasteiger partial charge in [-0.25, -0.2) is 9.97 Å². The van der Waals surface area contributed by atoms with Gasteiger partial charge < -0.3 is 24.5 Å². The standard InChI is InChI=1S/C25H31N5O2S/c1-16(2)14-30-22(10-11-31-3)28-23-24(30)20-9-8-19(13-21(20)27-25(23)26)32-15-17-6-5-7-18(12-17)29-33-4/h5-9,12-13,16,29H,10-11,14-15H2,1-4H3,(H2,26,27). The van der Waals surface area contributed by atoms with Gasteiger partial charge in [-0.1, -0.05) is 37.9 Å². The summed E-state index contributed by atoms with van der Waals surface area (Å²) in [6, 6.07) is 14.2. The van der Waals surface area contributed by atoms with Gasteiger partial charge in [-0.2, -0.15) is 0 Å². The first-order chi connectivity index (χ1) is 16.0. The molecule has 0 amide bonds. The smallest absolute Gasteiger partial charge is 0.152 e. The van der Waals surface area contributed by atoms with E-state index in [0.717, 1.165) is 57.7 Å². The summed E-state index contributed by atoms with van der Waals surface area (Å²) in [4.78, 5) is 9.48. The van der Waals surface area contributed by atoms with Crippen LogP contribution in [0.3, 0.4) is 0 Å². The number of rotatable bonds is 10. The molecule has 0 atom stereocenters. The zero-order valence-corrected chi connectivity index (χ0v) is 20.4. The normalized spacial score (nSPS) is 11.5. The number of fused-ring (bicyclic) bond motifs is 3. The number of ether oxygens (including phenoxy) is 2. The summed E-state index contributed by atoms with van der Waals surface area (Å²) in [6.07, 6.45) is 2.73. The third-order valence-electron chi connectivity index (χ3n) is 5.38. The minimum absolute atomic E-state index is 0.437. The van der Waals surface area contributed by atoms with Crippen LogP contribution in [0, 0.1) is 5.92 Å². The van der Waals surface area contributed by atoms with E-state index in [1.807, 2.05) is 30.5 Å². The van der Waals surface area contributed by atoms with Crippen LogP contribution in [0.4, 0.5) is 11.5 Å². The van der Waals surface area contributed by atoms with Crippen molar-refractivity contribution < 1.29 is 9.47 Å². The molecule has 0 radical (unpaired) electrons. The Bertz CT molecular complexity index is 1250. The SMILES string of the molecule is COCCc1nc2c(N)nc3cc(OCc4cccc(NSC)c4)ccc3c2n1CC(C)C. The molecule has 4 aromatic rings. The van der Waals surface area contributed by atoms with E-state index in [1.54, 1.807) is 19.1 Å². The highest BCUT2D eigenvalue weighted by Gasteiger charge is 2.18. The van der Waals surface area contributed by atoms with Crippen molar-refractivity contribution in [1.29, 1.82) is 0 Å². The number of methoxy groups -OCH3 is 1. The van der Waals surface area contributed by atoms with Gasteiger partial charge in [0.25, 0.3) is 0 Å². The van der Waals surface area contributed by atoms with Crippen LogP contribution < -0.4 is 15.2 Å². The van der Waals surface area contributed by atoms with E-state index in [4.69, 9.17) is 20.2 Å². The summed E-state index contributed by atoms with van der Waals surface area (Å²) < 4.78 is 16.9. The van der Waals surface area contributed by atoms with E-state index in [1.165, 1.54) is 0 Å². The van der Waals surface area contributed by atoms with E-state index < -0.39 is 0 Å². The first-order valence-electron chi connectivity index (χ1n) is 11.1. The maximum atomic E-state index is 6.36. The number of aromatic nitrogens is 3. The van der Waals surface area contributed by atoms with Crippen LogP contribution in [0.25, 0.3) is 21.9 Å². The molecule has 0 unspecified atom stereocenters. The lowest BCUT2D eigenvalue weighted by molar-refractivity contribution is 0.199. The van der Waals surface area contributed by atoms with Crippen molar-refractivity contribution in [1.82, 2.24) is 14.5 Å². The predicted octanol–water partition coefficient (Wildman–Crippen LogP) is 5.28. The van der Waals surface area contributed by atoms with Crippen molar-refractivity contribution >= 4 is 45.4 Å². The van der Waals surface area contributed by atoms with E-state index >= 15 is 0 Å². The van der Waals surface area contributed by atoms with E-state index in [0.29, 0.717) is 24.9 Å². The van der Waals surface area contributed by atoms with Gasteiger partial charge in [-0.3, -0.25) is 0 Å². The Morgan fingerprint density at radius 3 is 2.76 bits per heavy atom. The molecule has 0 aliphatic heterocycles. The molecule has 0 aliphatic rings. The Kier molecular flexibility index (Phi) is 7.25. The van der Waals surface area contributed by atoms with Crippen LogP contribution >= 0.6 is 11.9 Å². The lowest BCUT2D eigenvalue weighted by Crippen LogP contribution is -2.10. The molecule has 2 aromatic heterocycles. The molecule has 0 saturated heterocycles. The number of pyridine rings is 1. The fraction of sp³-hybridized carbons (Fsp3) is 0.360. The van der Waals surface area contributed by atoms with Crippen LogP contribution in [0.2, 0.25) is 0 Å². The summed E-state index contributed by atoms with van der Waals surface area (Å²) in [5.41, 5.74) is 11.1. The Hall–Kier alpha value is -2.97. The largest absolute Gasteiger partial charge is 0.489 e. The topological polar surface area (TPSA) is 87.2 Å². The van der Waals surface area contributed by atoms with Crippen molar-refractivity contribution in [2.75, 3.05) is 30.4 Å². The first-order valence-corrected chi connectivity index (χ1v) is 12.3. The maximum Gasteiger partial charge on any atom is 0.152 e. The first kappa shape index (κ1) is 23.2. The van der Waals surface area contributed by atoms with Gasteiger partial charge in [-0.05, 0) is 35.7 Å². The second-order valence-corrected chi connectivity index (χ2v) is 9.06. The highest BCUT2D eigenvalue weighted by Crippen LogP contribution is 2.32. The van der Waals surface area contributed by atoms with Crippen LogP contribution in [0.5, 0.6) is 5.75 Å². The molecule has 0 fully saturated rings. The van der Waals surface area contributed by atoms with Gasteiger partial charge in [0.1, 0.15) is 23.7 Å². The molecule has 3 N–H and O–H groups in total. The van der Waals surface area contributed by atoms with E-state index in [2.05, 4.69) is 46.3 Å². The van der Waals surface area contributed by atoms with Gasteiger partial charge in [0, 0.05) is 43.5 Å². The average molecular weight is 466 g/mol. The molecule has 33 heavy (non-hydrogen) atoms. The number of hydrogen-bond donors (Lipinski definition) is 2. The number of benzene rings is 2. The van der Waals surface area contributed by atoms with Crippen molar-refractivity contribution in [3.63, 3.8) is 0 Å². The minimum atomic E-state index is 0.437. The summed E-state index contributed by atoms with van der Waals surface area (Å²) >= 11 is 1.57. The van der Waals surface area contributed by atoms with E-state index in [9.17, 15) is 0 Å². The van der Waals surface area contributed by atoms with Crippen molar-refractivity contribution in [3.05, 3.63) is 53.9 Å². The van der Waals surface area contributed by atoms with Gasteiger partial charge in [0.2, 0.25) is 0 Å². The van der Waals surface area contributed by atoms with Crippen molar-refractivity contribution in [3.8, 4) is 5.75 Å². The number of nitrogens with one attached hydrogen (secondary N) is 1. The number of nitrogen functional groups attached to an aromatic ring is 1. The summed E-state index contributed by atoms with van der Waals surface area (Å²) in [5.74, 6) is 2.63. The molecule has 0 spiro atoms. The van der Waals surface area contributed by atoms with Crippen LogP contribution in [-0.4, -0.2) is 34.5 Å². The molecular formula is C25H31N5O2S. The second kappa shape index (κ2) is 10.3. The quantitative estimate of drug-likeness (QED) is 0.308. The second-order valence-electron chi connectivity index (χ2n) is 8.44. The third kappa shape index (κ3) is 5.17. The lowest BCUT2D eigenvalue weighted by atomic mass is 10.1. The zero-order valence-electron chi connectivity index (χ0n) is 19.6. The molecule has 0 aliphatic carbocycles. The maximum absolute atomic E-state index is 6.36. The highest BCUT2D eigenvalue weighted by atomic mass is 32.2. The van der Waals surface area contributed by atoms with Crippen LogP contribution in [-0.2, 0) is 24.3 Å². The van der Waals surface area contributed by atoms with Gasteiger partial charge in [-0.15, -0.1) is 0 Å². The van der Waals surface area contributed by atoms with Crippen LogP contribution in [0.1, 0.15) is 25.2 Å². The average Bonchev–Trinajstić information content (AvgIpc) is 3.15. The zero-order chi connectivity index (χ0) is 23.4. The van der Waals surface area contributed by atoms with E-state index in [-0.39, 0.29) is 0 Å². The fourth-order valence-electron chi connectivity index (χ4n) is 3.98. The third-order valence-corrected chi connectivity index (χ3v) is 5.82. The molecule has 8 heteroatoms. The van der Waals surface area contributed by atoms with Crippen LogP contribution in [0.15, 0.2) is 42.5 Å². The monoisotopic (exact) mass is 465 g/mol. The predicted molar refractivity (Wildman–Crippen MR) is 138 cm³/mol. The van der Waals surface area contributed by atoms with Gasteiger partial charge in [0.05, 0.1) is 17.6 Å². The minimum Gasteiger partial charge on any atom is -0.489 e. The number of nitrogens with zero attached hydrogens (tertiary/aromatic N) is 3. The van der Waals surface area contributed by atoms with Crippen molar-refractivity contribution in [2.24, 2.45) is 5.92 Å².